The minimum Gasteiger partial charge on any atom is -0.466 e. The van der Waals surface area contributed by atoms with Gasteiger partial charge in [-0.3, -0.25) is 4.79 Å². The molecule has 0 heterocycles. The molecule has 0 aliphatic rings. The van der Waals surface area contributed by atoms with Crippen LogP contribution in [0.4, 0.5) is 0 Å². The first kappa shape index (κ1) is 18.4. The van der Waals surface area contributed by atoms with E-state index in [0.717, 1.165) is 13.0 Å². The van der Waals surface area contributed by atoms with Crippen molar-refractivity contribution in [2.45, 2.75) is 39.5 Å². The molecule has 0 aliphatic heterocycles. The van der Waals surface area contributed by atoms with Gasteiger partial charge >= 0.3 is 5.97 Å². The summed E-state index contributed by atoms with van der Waals surface area (Å²) in [7, 11) is 0. The molecule has 19 heavy (non-hydrogen) atoms. The molecule has 0 aromatic carbocycles. The molecular weight excluding hydrogens is 248 g/mol. The first-order valence-electron chi connectivity index (χ1n) is 7.20. The van der Waals surface area contributed by atoms with Crippen LogP contribution in [0.3, 0.4) is 0 Å². The average molecular weight is 276 g/mol. The number of hydrogen-bond donors (Lipinski definition) is 0. The lowest BCUT2D eigenvalue weighted by atomic mass is 10.3. The zero-order valence-electron chi connectivity index (χ0n) is 12.3. The van der Waals surface area contributed by atoms with Gasteiger partial charge < -0.3 is 18.9 Å². The van der Waals surface area contributed by atoms with E-state index in [4.69, 9.17) is 18.9 Å². The number of esters is 1. The van der Waals surface area contributed by atoms with E-state index in [2.05, 4.69) is 6.92 Å². The molecule has 0 radical (unpaired) electrons. The SMILES string of the molecule is CCCCCOCCOCCOCCC(=O)OCC. The van der Waals surface area contributed by atoms with Gasteiger partial charge in [-0.1, -0.05) is 19.8 Å². The zero-order valence-corrected chi connectivity index (χ0v) is 12.3. The van der Waals surface area contributed by atoms with E-state index in [1.807, 2.05) is 0 Å². The van der Waals surface area contributed by atoms with E-state index in [1.54, 1.807) is 6.92 Å². The Morgan fingerprint density at radius 2 is 1.37 bits per heavy atom. The fourth-order valence-corrected chi connectivity index (χ4v) is 1.38. The van der Waals surface area contributed by atoms with Crippen molar-refractivity contribution in [3.63, 3.8) is 0 Å². The molecule has 114 valence electrons. The van der Waals surface area contributed by atoms with Crippen molar-refractivity contribution in [1.82, 2.24) is 0 Å². The molecule has 0 saturated carbocycles. The fraction of sp³-hybridized carbons (Fsp3) is 0.929. The van der Waals surface area contributed by atoms with E-state index >= 15 is 0 Å². The van der Waals surface area contributed by atoms with Gasteiger partial charge in [-0.25, -0.2) is 0 Å². The first-order valence-corrected chi connectivity index (χ1v) is 7.20. The van der Waals surface area contributed by atoms with Crippen molar-refractivity contribution in [2.24, 2.45) is 0 Å². The summed E-state index contributed by atoms with van der Waals surface area (Å²) in [5.74, 6) is -0.219. The van der Waals surface area contributed by atoms with E-state index < -0.39 is 0 Å². The largest absolute Gasteiger partial charge is 0.466 e. The number of hydrogen-bond acceptors (Lipinski definition) is 5. The van der Waals surface area contributed by atoms with Crippen molar-refractivity contribution in [2.75, 3.05) is 46.2 Å². The Hall–Kier alpha value is -0.650. The summed E-state index contributed by atoms with van der Waals surface area (Å²) in [4.78, 5) is 11.0. The smallest absolute Gasteiger partial charge is 0.308 e. The predicted octanol–water partition coefficient (Wildman–Crippen LogP) is 2.18. The summed E-state index contributed by atoms with van der Waals surface area (Å²) in [5, 5.41) is 0. The lowest BCUT2D eigenvalue weighted by Crippen LogP contribution is -2.12. The second-order valence-electron chi connectivity index (χ2n) is 4.10. The molecule has 0 amide bonds. The van der Waals surface area contributed by atoms with Crippen LogP contribution in [0.25, 0.3) is 0 Å². The molecule has 0 aromatic rings. The van der Waals surface area contributed by atoms with Crippen LogP contribution in [0.1, 0.15) is 39.5 Å². The van der Waals surface area contributed by atoms with Gasteiger partial charge in [-0.2, -0.15) is 0 Å². The number of carbonyl (C=O) groups is 1. The molecular formula is C14H28O5. The number of unbranched alkanes of at least 4 members (excludes halogenated alkanes) is 2. The third kappa shape index (κ3) is 15.3. The normalized spacial score (nSPS) is 10.6. The summed E-state index contributed by atoms with van der Waals surface area (Å²) in [6.07, 6.45) is 3.85. The van der Waals surface area contributed by atoms with E-state index in [1.165, 1.54) is 12.8 Å². The van der Waals surface area contributed by atoms with Crippen LogP contribution >= 0.6 is 0 Å². The molecule has 5 heteroatoms. The minimum atomic E-state index is -0.219. The van der Waals surface area contributed by atoms with E-state index in [-0.39, 0.29) is 5.97 Å². The zero-order chi connectivity index (χ0) is 14.2. The maximum atomic E-state index is 11.0. The van der Waals surface area contributed by atoms with Crippen LogP contribution in [0, 0.1) is 0 Å². The highest BCUT2D eigenvalue weighted by Crippen LogP contribution is 1.94. The molecule has 0 rings (SSSR count). The molecule has 0 fully saturated rings. The number of rotatable bonds is 14. The average Bonchev–Trinajstić information content (AvgIpc) is 2.40. The van der Waals surface area contributed by atoms with Crippen molar-refractivity contribution in [3.05, 3.63) is 0 Å². The van der Waals surface area contributed by atoms with Crippen LogP contribution < -0.4 is 0 Å². The van der Waals surface area contributed by atoms with E-state index in [9.17, 15) is 4.79 Å². The highest BCUT2D eigenvalue weighted by molar-refractivity contribution is 5.69. The van der Waals surface area contributed by atoms with Gasteiger partial charge in [0.05, 0.1) is 46.1 Å². The van der Waals surface area contributed by atoms with Crippen LogP contribution in [-0.4, -0.2) is 52.2 Å². The topological polar surface area (TPSA) is 54.0 Å². The van der Waals surface area contributed by atoms with Gasteiger partial charge in [-0.05, 0) is 13.3 Å². The van der Waals surface area contributed by atoms with Crippen molar-refractivity contribution < 1.29 is 23.7 Å². The molecule has 0 spiro atoms. The van der Waals surface area contributed by atoms with Crippen molar-refractivity contribution in [3.8, 4) is 0 Å². The Bertz CT molecular complexity index is 196. The van der Waals surface area contributed by atoms with Gasteiger partial charge in [-0.15, -0.1) is 0 Å². The summed E-state index contributed by atoms with van der Waals surface area (Å²) < 4.78 is 20.7. The van der Waals surface area contributed by atoms with Gasteiger partial charge in [0, 0.05) is 6.61 Å². The highest BCUT2D eigenvalue weighted by atomic mass is 16.5. The Morgan fingerprint density at radius 1 is 0.789 bits per heavy atom. The quantitative estimate of drug-likeness (QED) is 0.359. The summed E-state index contributed by atoms with van der Waals surface area (Å²) in [5.41, 5.74) is 0. The Balaban J connectivity index is 3.01. The lowest BCUT2D eigenvalue weighted by molar-refractivity contribution is -0.144. The van der Waals surface area contributed by atoms with Crippen LogP contribution in [0.5, 0.6) is 0 Å². The fourth-order valence-electron chi connectivity index (χ4n) is 1.38. The molecule has 0 bridgehead atoms. The second kappa shape index (κ2) is 15.4. The standard InChI is InChI=1S/C14H28O5/c1-3-5-6-8-16-10-12-18-13-11-17-9-7-14(15)19-4-2/h3-13H2,1-2H3. The molecule has 0 N–H and O–H groups in total. The first-order chi connectivity index (χ1) is 9.31. The van der Waals surface area contributed by atoms with Crippen LogP contribution in [0.15, 0.2) is 0 Å². The predicted molar refractivity (Wildman–Crippen MR) is 73.2 cm³/mol. The molecule has 0 aromatic heterocycles. The van der Waals surface area contributed by atoms with Crippen LogP contribution in [-0.2, 0) is 23.7 Å². The highest BCUT2D eigenvalue weighted by Gasteiger charge is 2.00. The minimum absolute atomic E-state index is 0.219. The van der Waals surface area contributed by atoms with E-state index in [0.29, 0.717) is 46.1 Å². The van der Waals surface area contributed by atoms with Gasteiger partial charge in [0.1, 0.15) is 0 Å². The second-order valence-corrected chi connectivity index (χ2v) is 4.10. The maximum Gasteiger partial charge on any atom is 0.308 e. The maximum absolute atomic E-state index is 11.0. The third-order valence-electron chi connectivity index (χ3n) is 2.39. The van der Waals surface area contributed by atoms with Crippen LogP contribution in [0.2, 0.25) is 0 Å². The summed E-state index contributed by atoms with van der Waals surface area (Å²) >= 11 is 0. The molecule has 0 aliphatic carbocycles. The summed E-state index contributed by atoms with van der Waals surface area (Å²) in [6.45, 7) is 7.82. The Labute approximate surface area is 116 Å². The lowest BCUT2D eigenvalue weighted by Gasteiger charge is -2.06. The summed E-state index contributed by atoms with van der Waals surface area (Å²) in [6, 6.07) is 0. The molecule has 5 nitrogen and oxygen atoms in total. The molecule has 0 atom stereocenters. The van der Waals surface area contributed by atoms with Crippen molar-refractivity contribution in [1.29, 1.82) is 0 Å². The third-order valence-corrected chi connectivity index (χ3v) is 2.39. The molecule has 0 saturated heterocycles. The van der Waals surface area contributed by atoms with Crippen molar-refractivity contribution >= 4 is 5.97 Å². The Morgan fingerprint density at radius 3 is 1.95 bits per heavy atom. The van der Waals surface area contributed by atoms with Gasteiger partial charge in [0.25, 0.3) is 0 Å². The number of carbonyl (C=O) groups excluding carboxylic acids is 1. The Kier molecular flexibility index (Phi) is 14.9. The van der Waals surface area contributed by atoms with Gasteiger partial charge in [0.2, 0.25) is 0 Å². The molecule has 0 unspecified atom stereocenters. The number of ether oxygens (including phenoxy) is 4. The van der Waals surface area contributed by atoms with Gasteiger partial charge in [0.15, 0.2) is 0 Å². The monoisotopic (exact) mass is 276 g/mol.